The average molecular weight is 209 g/mol. The molecule has 1 aliphatic heterocycles. The Balaban J connectivity index is 2.10. The normalized spacial score (nSPS) is 47.8. The Morgan fingerprint density at radius 3 is 2.40 bits per heavy atom. The van der Waals surface area contributed by atoms with Crippen molar-refractivity contribution < 1.29 is 0 Å². The molecule has 1 saturated carbocycles. The summed E-state index contributed by atoms with van der Waals surface area (Å²) in [6, 6.07) is 1.54. The first kappa shape index (κ1) is 11.4. The molecule has 15 heavy (non-hydrogen) atoms. The van der Waals surface area contributed by atoms with Crippen LogP contribution in [0.5, 0.6) is 0 Å². The zero-order valence-corrected chi connectivity index (χ0v) is 10.6. The Kier molecular flexibility index (Phi) is 3.71. The lowest BCUT2D eigenvalue weighted by Crippen LogP contribution is -2.41. The predicted octanol–water partition coefficient (Wildman–Crippen LogP) is 3.59. The van der Waals surface area contributed by atoms with E-state index in [0.717, 1.165) is 29.8 Å². The highest BCUT2D eigenvalue weighted by atomic mass is 15.0. The third-order valence-corrected chi connectivity index (χ3v) is 4.87. The van der Waals surface area contributed by atoms with Gasteiger partial charge in [-0.2, -0.15) is 0 Å². The Labute approximate surface area is 95.0 Å². The van der Waals surface area contributed by atoms with Crippen LogP contribution in [0.3, 0.4) is 0 Å². The van der Waals surface area contributed by atoms with Gasteiger partial charge >= 0.3 is 0 Å². The second-order valence-electron chi connectivity index (χ2n) is 6.05. The van der Waals surface area contributed by atoms with Crippen LogP contribution >= 0.6 is 0 Å². The third-order valence-electron chi connectivity index (χ3n) is 4.87. The van der Waals surface area contributed by atoms with Crippen molar-refractivity contribution in [1.29, 1.82) is 0 Å². The van der Waals surface area contributed by atoms with E-state index in [1.165, 1.54) is 38.5 Å². The van der Waals surface area contributed by atoms with E-state index < -0.39 is 0 Å². The van der Waals surface area contributed by atoms with E-state index in [2.05, 4.69) is 26.1 Å². The van der Waals surface area contributed by atoms with Gasteiger partial charge in [0.05, 0.1) is 0 Å². The molecule has 5 unspecified atom stereocenters. The van der Waals surface area contributed by atoms with Gasteiger partial charge in [0.25, 0.3) is 0 Å². The Bertz CT molecular complexity index is 202. The van der Waals surface area contributed by atoms with Crippen molar-refractivity contribution in [3.8, 4) is 0 Å². The highest BCUT2D eigenvalue weighted by Gasteiger charge is 2.34. The smallest absolute Gasteiger partial charge is 0.0100 e. The second kappa shape index (κ2) is 4.86. The molecule has 0 bridgehead atoms. The highest BCUT2D eigenvalue weighted by Crippen LogP contribution is 2.36. The summed E-state index contributed by atoms with van der Waals surface area (Å²) in [7, 11) is 0. The van der Waals surface area contributed by atoms with Crippen molar-refractivity contribution in [2.24, 2.45) is 17.8 Å². The first-order chi connectivity index (χ1) is 7.18. The first-order valence-corrected chi connectivity index (χ1v) is 6.94. The van der Waals surface area contributed by atoms with Crippen LogP contribution in [-0.4, -0.2) is 12.1 Å². The van der Waals surface area contributed by atoms with Crippen LogP contribution < -0.4 is 5.32 Å². The maximum Gasteiger partial charge on any atom is 0.0100 e. The SMILES string of the molecule is CC1CC(C)C2CCCCCC2NC1C. The van der Waals surface area contributed by atoms with Gasteiger partial charge in [-0.15, -0.1) is 0 Å². The summed E-state index contributed by atoms with van der Waals surface area (Å²) in [6.45, 7) is 7.28. The van der Waals surface area contributed by atoms with Gasteiger partial charge in [-0.25, -0.2) is 0 Å². The third kappa shape index (κ3) is 2.55. The lowest BCUT2D eigenvalue weighted by atomic mass is 9.81. The maximum absolute atomic E-state index is 3.90. The number of fused-ring (bicyclic) bond motifs is 1. The minimum Gasteiger partial charge on any atom is -0.311 e. The fourth-order valence-corrected chi connectivity index (χ4v) is 3.69. The van der Waals surface area contributed by atoms with Crippen LogP contribution in [0.2, 0.25) is 0 Å². The minimum atomic E-state index is 0.723. The molecule has 0 aromatic rings. The molecule has 1 aliphatic carbocycles. The monoisotopic (exact) mass is 209 g/mol. The summed E-state index contributed by atoms with van der Waals surface area (Å²) in [5.41, 5.74) is 0. The van der Waals surface area contributed by atoms with Crippen LogP contribution in [0.25, 0.3) is 0 Å². The molecular weight excluding hydrogens is 182 g/mol. The topological polar surface area (TPSA) is 12.0 Å². The van der Waals surface area contributed by atoms with Gasteiger partial charge in [-0.3, -0.25) is 0 Å². The van der Waals surface area contributed by atoms with E-state index >= 15 is 0 Å². The second-order valence-corrected chi connectivity index (χ2v) is 6.05. The minimum absolute atomic E-state index is 0.723. The van der Waals surface area contributed by atoms with Crippen molar-refractivity contribution >= 4 is 0 Å². The molecule has 1 heterocycles. The summed E-state index contributed by atoms with van der Waals surface area (Å²) in [6.07, 6.45) is 8.70. The molecule has 1 saturated heterocycles. The molecule has 0 aromatic heterocycles. The van der Waals surface area contributed by atoms with Crippen LogP contribution in [0, 0.1) is 17.8 Å². The molecule has 0 spiro atoms. The van der Waals surface area contributed by atoms with Gasteiger partial charge < -0.3 is 5.32 Å². The van der Waals surface area contributed by atoms with Crippen molar-refractivity contribution in [1.82, 2.24) is 5.32 Å². The van der Waals surface area contributed by atoms with Crippen LogP contribution in [0.4, 0.5) is 0 Å². The molecule has 1 N–H and O–H groups in total. The van der Waals surface area contributed by atoms with Gasteiger partial charge in [-0.05, 0) is 43.9 Å². The fourth-order valence-electron chi connectivity index (χ4n) is 3.69. The van der Waals surface area contributed by atoms with E-state index in [9.17, 15) is 0 Å². The summed E-state index contributed by atoms with van der Waals surface area (Å²) in [5.74, 6) is 2.74. The molecule has 88 valence electrons. The molecule has 2 aliphatic rings. The van der Waals surface area contributed by atoms with E-state index in [4.69, 9.17) is 0 Å². The van der Waals surface area contributed by atoms with E-state index in [1.54, 1.807) is 0 Å². The molecule has 0 radical (unpaired) electrons. The molecule has 2 rings (SSSR count). The largest absolute Gasteiger partial charge is 0.311 e. The average Bonchev–Trinajstić information content (AvgIpc) is 2.46. The van der Waals surface area contributed by atoms with Gasteiger partial charge in [0.1, 0.15) is 0 Å². The van der Waals surface area contributed by atoms with Crippen LogP contribution in [0.15, 0.2) is 0 Å². The van der Waals surface area contributed by atoms with Gasteiger partial charge in [0, 0.05) is 12.1 Å². The lowest BCUT2D eigenvalue weighted by molar-refractivity contribution is 0.260. The Morgan fingerprint density at radius 2 is 1.60 bits per heavy atom. The molecule has 0 aromatic carbocycles. The predicted molar refractivity (Wildman–Crippen MR) is 65.9 cm³/mol. The molecule has 2 fully saturated rings. The summed E-state index contributed by atoms with van der Waals surface area (Å²) in [5, 5.41) is 3.90. The van der Waals surface area contributed by atoms with E-state index in [-0.39, 0.29) is 0 Å². The van der Waals surface area contributed by atoms with Crippen molar-refractivity contribution in [2.75, 3.05) is 0 Å². The molecule has 5 atom stereocenters. The number of hydrogen-bond acceptors (Lipinski definition) is 1. The van der Waals surface area contributed by atoms with Crippen LogP contribution in [-0.2, 0) is 0 Å². The zero-order valence-electron chi connectivity index (χ0n) is 10.6. The number of rotatable bonds is 0. The van der Waals surface area contributed by atoms with Gasteiger partial charge in [0.15, 0.2) is 0 Å². The fraction of sp³-hybridized carbons (Fsp3) is 1.00. The summed E-state index contributed by atoms with van der Waals surface area (Å²) in [4.78, 5) is 0. The Hall–Kier alpha value is -0.0400. The summed E-state index contributed by atoms with van der Waals surface area (Å²) < 4.78 is 0. The zero-order chi connectivity index (χ0) is 10.8. The van der Waals surface area contributed by atoms with E-state index in [1.807, 2.05) is 0 Å². The lowest BCUT2D eigenvalue weighted by Gasteiger charge is -2.28. The van der Waals surface area contributed by atoms with Crippen molar-refractivity contribution in [3.05, 3.63) is 0 Å². The Morgan fingerprint density at radius 1 is 0.867 bits per heavy atom. The van der Waals surface area contributed by atoms with Gasteiger partial charge in [-0.1, -0.05) is 33.1 Å². The first-order valence-electron chi connectivity index (χ1n) is 6.94. The molecule has 1 nitrogen and oxygen atoms in total. The summed E-state index contributed by atoms with van der Waals surface area (Å²) >= 11 is 0. The maximum atomic E-state index is 3.90. The molecule has 0 amide bonds. The highest BCUT2D eigenvalue weighted by molar-refractivity contribution is 4.90. The van der Waals surface area contributed by atoms with Crippen molar-refractivity contribution in [2.45, 2.75) is 71.4 Å². The molecule has 1 heteroatoms. The standard InChI is InChI=1S/C14H27N/c1-10-9-11(2)13-7-5-4-6-8-14(13)15-12(10)3/h10-15H,4-9H2,1-3H3. The van der Waals surface area contributed by atoms with E-state index in [0.29, 0.717) is 0 Å². The molecular formula is C14H27N. The quantitative estimate of drug-likeness (QED) is 0.643. The number of nitrogens with one attached hydrogen (secondary N) is 1. The number of hydrogen-bond donors (Lipinski definition) is 1. The van der Waals surface area contributed by atoms with Gasteiger partial charge in [0.2, 0.25) is 0 Å². The van der Waals surface area contributed by atoms with Crippen LogP contribution in [0.1, 0.15) is 59.3 Å². The van der Waals surface area contributed by atoms with Crippen molar-refractivity contribution in [3.63, 3.8) is 0 Å².